The first kappa shape index (κ1) is 21.9. The number of primary amides is 1. The number of benzene rings is 2. The molecule has 2 aliphatic rings. The van der Waals surface area contributed by atoms with Crippen molar-refractivity contribution >= 4 is 23.4 Å². The third kappa shape index (κ3) is 4.93. The summed E-state index contributed by atoms with van der Waals surface area (Å²) in [5.41, 5.74) is 6.37. The number of carbonyl (C=O) groups is 3. The van der Waals surface area contributed by atoms with E-state index < -0.39 is 11.9 Å². The van der Waals surface area contributed by atoms with Crippen molar-refractivity contribution in [3.8, 4) is 5.75 Å². The molecule has 2 fully saturated rings. The van der Waals surface area contributed by atoms with Gasteiger partial charge in [-0.2, -0.15) is 0 Å². The second-order valence-electron chi connectivity index (χ2n) is 8.52. The number of carbonyl (C=O) groups excluding carboxylic acids is 3. The second kappa shape index (κ2) is 9.85. The van der Waals surface area contributed by atoms with E-state index in [0.717, 1.165) is 25.7 Å². The lowest BCUT2D eigenvalue weighted by Gasteiger charge is -2.33. The molecular weight excluding hydrogens is 406 g/mol. The van der Waals surface area contributed by atoms with Gasteiger partial charge in [-0.25, -0.2) is 0 Å². The maximum Gasteiger partial charge on any atom is 0.254 e. The number of nitrogens with zero attached hydrogens (tertiary/aromatic N) is 1. The van der Waals surface area contributed by atoms with Gasteiger partial charge in [0.15, 0.2) is 0 Å². The van der Waals surface area contributed by atoms with Crippen LogP contribution in [-0.4, -0.2) is 41.3 Å². The quantitative estimate of drug-likeness (QED) is 0.696. The summed E-state index contributed by atoms with van der Waals surface area (Å²) >= 11 is 0. The van der Waals surface area contributed by atoms with Gasteiger partial charge >= 0.3 is 0 Å². The Morgan fingerprint density at radius 1 is 1.00 bits per heavy atom. The highest BCUT2D eigenvalue weighted by atomic mass is 16.5. The van der Waals surface area contributed by atoms with Gasteiger partial charge in [-0.05, 0) is 61.6 Å². The van der Waals surface area contributed by atoms with Crippen LogP contribution in [0.15, 0.2) is 54.6 Å². The Kier molecular flexibility index (Phi) is 6.73. The SMILES string of the molecule is NC(=O)CCOc1ccc(NC(=O)C2CC3CCCCC3N2C(=O)c2ccccc2)cc1. The molecule has 1 aliphatic heterocycles. The maximum absolute atomic E-state index is 13.4. The lowest BCUT2D eigenvalue weighted by molar-refractivity contribution is -0.120. The molecular formula is C25H29N3O4. The van der Waals surface area contributed by atoms with Crippen LogP contribution in [0.1, 0.15) is 48.9 Å². The van der Waals surface area contributed by atoms with Crippen LogP contribution in [0, 0.1) is 5.92 Å². The highest BCUT2D eigenvalue weighted by molar-refractivity contribution is 6.01. The molecule has 7 heteroatoms. The molecule has 2 aromatic rings. The molecule has 168 valence electrons. The fourth-order valence-electron chi connectivity index (χ4n) is 4.85. The topological polar surface area (TPSA) is 102 Å². The minimum atomic E-state index is -0.484. The maximum atomic E-state index is 13.4. The Labute approximate surface area is 187 Å². The molecule has 3 amide bonds. The Morgan fingerprint density at radius 3 is 2.44 bits per heavy atom. The molecule has 0 aromatic heterocycles. The number of hydrogen-bond acceptors (Lipinski definition) is 4. The smallest absolute Gasteiger partial charge is 0.254 e. The third-order valence-electron chi connectivity index (χ3n) is 6.38. The van der Waals surface area contributed by atoms with Crippen molar-refractivity contribution in [2.75, 3.05) is 11.9 Å². The monoisotopic (exact) mass is 435 g/mol. The van der Waals surface area contributed by atoms with Crippen molar-refractivity contribution in [3.63, 3.8) is 0 Å². The number of hydrogen-bond donors (Lipinski definition) is 2. The van der Waals surface area contributed by atoms with Crippen LogP contribution in [0.3, 0.4) is 0 Å². The highest BCUT2D eigenvalue weighted by Gasteiger charge is 2.47. The van der Waals surface area contributed by atoms with Gasteiger partial charge in [0.1, 0.15) is 11.8 Å². The zero-order chi connectivity index (χ0) is 22.5. The zero-order valence-electron chi connectivity index (χ0n) is 18.0. The van der Waals surface area contributed by atoms with Crippen molar-refractivity contribution in [2.45, 2.75) is 50.6 Å². The van der Waals surface area contributed by atoms with Gasteiger partial charge in [-0.3, -0.25) is 14.4 Å². The van der Waals surface area contributed by atoms with Gasteiger partial charge in [0.2, 0.25) is 11.8 Å². The van der Waals surface area contributed by atoms with E-state index in [4.69, 9.17) is 10.5 Å². The molecule has 1 saturated carbocycles. The number of fused-ring (bicyclic) bond motifs is 1. The Bertz CT molecular complexity index is 961. The molecule has 3 N–H and O–H groups in total. The van der Waals surface area contributed by atoms with Gasteiger partial charge in [-0.15, -0.1) is 0 Å². The summed E-state index contributed by atoms with van der Waals surface area (Å²) in [6.45, 7) is 0.211. The number of anilines is 1. The average Bonchev–Trinajstić information content (AvgIpc) is 3.20. The van der Waals surface area contributed by atoms with E-state index in [2.05, 4.69) is 5.32 Å². The Balaban J connectivity index is 1.46. The molecule has 0 spiro atoms. The van der Waals surface area contributed by atoms with E-state index in [9.17, 15) is 14.4 Å². The lowest BCUT2D eigenvalue weighted by atomic mass is 9.84. The third-order valence-corrected chi connectivity index (χ3v) is 6.38. The van der Waals surface area contributed by atoms with Gasteiger partial charge in [0.05, 0.1) is 13.0 Å². The number of amides is 3. The van der Waals surface area contributed by atoms with Crippen LogP contribution in [0.4, 0.5) is 5.69 Å². The van der Waals surface area contributed by atoms with Crippen LogP contribution in [0.5, 0.6) is 5.75 Å². The minimum Gasteiger partial charge on any atom is -0.493 e. The summed E-state index contributed by atoms with van der Waals surface area (Å²) in [6, 6.07) is 15.8. The second-order valence-corrected chi connectivity index (χ2v) is 8.52. The Hall–Kier alpha value is -3.35. The van der Waals surface area contributed by atoms with Crippen molar-refractivity contribution in [1.29, 1.82) is 0 Å². The van der Waals surface area contributed by atoms with Crippen molar-refractivity contribution in [1.82, 2.24) is 4.90 Å². The van der Waals surface area contributed by atoms with E-state index in [1.54, 1.807) is 24.3 Å². The molecule has 32 heavy (non-hydrogen) atoms. The fourth-order valence-corrected chi connectivity index (χ4v) is 4.85. The predicted molar refractivity (Wildman–Crippen MR) is 121 cm³/mol. The molecule has 2 aromatic carbocycles. The van der Waals surface area contributed by atoms with Crippen LogP contribution in [0.2, 0.25) is 0 Å². The summed E-state index contributed by atoms with van der Waals surface area (Å²) in [4.78, 5) is 39.3. The van der Waals surface area contributed by atoms with E-state index in [1.807, 2.05) is 35.2 Å². The summed E-state index contributed by atoms with van der Waals surface area (Å²) in [6.07, 6.45) is 5.09. The van der Waals surface area contributed by atoms with E-state index >= 15 is 0 Å². The van der Waals surface area contributed by atoms with Crippen molar-refractivity contribution < 1.29 is 19.1 Å². The minimum absolute atomic E-state index is 0.0710. The van der Waals surface area contributed by atoms with Gasteiger partial charge in [0.25, 0.3) is 5.91 Å². The molecule has 1 saturated heterocycles. The number of nitrogens with two attached hydrogens (primary N) is 1. The summed E-state index contributed by atoms with van der Waals surface area (Å²) in [7, 11) is 0. The number of likely N-dealkylation sites (tertiary alicyclic amines) is 1. The molecule has 0 radical (unpaired) electrons. The fraction of sp³-hybridized carbons (Fsp3) is 0.400. The van der Waals surface area contributed by atoms with E-state index in [0.29, 0.717) is 29.3 Å². The van der Waals surface area contributed by atoms with Gasteiger partial charge in [0, 0.05) is 17.3 Å². The summed E-state index contributed by atoms with van der Waals surface area (Å²) in [5, 5.41) is 2.97. The van der Waals surface area contributed by atoms with E-state index in [-0.39, 0.29) is 30.9 Å². The molecule has 1 heterocycles. The first-order chi connectivity index (χ1) is 15.5. The van der Waals surface area contributed by atoms with Crippen LogP contribution in [-0.2, 0) is 9.59 Å². The van der Waals surface area contributed by atoms with Gasteiger partial charge in [-0.1, -0.05) is 31.0 Å². The lowest BCUT2D eigenvalue weighted by Crippen LogP contribution is -2.47. The largest absolute Gasteiger partial charge is 0.493 e. The predicted octanol–water partition coefficient (Wildman–Crippen LogP) is 3.35. The highest BCUT2D eigenvalue weighted by Crippen LogP contribution is 2.40. The number of ether oxygens (including phenoxy) is 1. The van der Waals surface area contributed by atoms with Crippen LogP contribution < -0.4 is 15.8 Å². The summed E-state index contributed by atoms with van der Waals surface area (Å²) < 4.78 is 5.47. The average molecular weight is 436 g/mol. The van der Waals surface area contributed by atoms with Crippen molar-refractivity contribution in [2.24, 2.45) is 11.7 Å². The van der Waals surface area contributed by atoms with Crippen LogP contribution >= 0.6 is 0 Å². The van der Waals surface area contributed by atoms with Crippen molar-refractivity contribution in [3.05, 3.63) is 60.2 Å². The number of nitrogens with one attached hydrogen (secondary N) is 1. The normalized spacial score (nSPS) is 22.1. The first-order valence-electron chi connectivity index (χ1n) is 11.2. The molecule has 3 unspecified atom stereocenters. The first-order valence-corrected chi connectivity index (χ1v) is 11.2. The standard InChI is InChI=1S/C25H29N3O4/c26-23(29)14-15-32-20-12-10-19(11-13-20)27-24(30)22-16-18-8-4-5-9-21(18)28(22)25(31)17-6-2-1-3-7-17/h1-3,6-7,10-13,18,21-22H,4-5,8-9,14-16H2,(H2,26,29)(H,27,30). The molecule has 4 rings (SSSR count). The molecule has 7 nitrogen and oxygen atoms in total. The van der Waals surface area contributed by atoms with Crippen LogP contribution in [0.25, 0.3) is 0 Å². The molecule has 3 atom stereocenters. The number of rotatable bonds is 7. The molecule has 1 aliphatic carbocycles. The Morgan fingerprint density at radius 2 is 1.72 bits per heavy atom. The zero-order valence-corrected chi connectivity index (χ0v) is 18.0. The van der Waals surface area contributed by atoms with E-state index in [1.165, 1.54) is 0 Å². The molecule has 0 bridgehead atoms. The summed E-state index contributed by atoms with van der Waals surface area (Å²) in [5.74, 6) is 0.315. The van der Waals surface area contributed by atoms with Gasteiger partial charge < -0.3 is 20.7 Å².